The number of carboxylic acid groups (broad SMARTS) is 1. The zero-order valence-electron chi connectivity index (χ0n) is 9.34. The van der Waals surface area contributed by atoms with Gasteiger partial charge in [0.1, 0.15) is 0 Å². The topological polar surface area (TPSA) is 57.5 Å². The maximum absolute atomic E-state index is 10.5. The van der Waals surface area contributed by atoms with Crippen LogP contribution in [0.5, 0.6) is 0 Å². The first-order chi connectivity index (χ1) is 6.95. The Morgan fingerprint density at radius 1 is 1.13 bits per heavy atom. The molecule has 0 bridgehead atoms. The second-order valence-electron chi connectivity index (χ2n) is 3.56. The number of aliphatic hydroxyl groups excluding tert-OH is 1. The molecule has 84 valence electrons. The van der Waals surface area contributed by atoms with Crippen molar-refractivity contribution in [3.63, 3.8) is 0 Å². The predicted molar refractivity (Wildman–Crippen MR) is 59.8 cm³/mol. The van der Waals surface area contributed by atoms with Gasteiger partial charge in [-0.1, -0.05) is 30.3 Å². The third-order valence-corrected chi connectivity index (χ3v) is 1.67. The molecule has 15 heavy (non-hydrogen) atoms. The van der Waals surface area contributed by atoms with Crippen LogP contribution in [0.2, 0.25) is 0 Å². The number of hydrogen-bond donors (Lipinski definition) is 2. The van der Waals surface area contributed by atoms with E-state index in [1.807, 2.05) is 30.3 Å². The Hall–Kier alpha value is -1.35. The number of rotatable bonds is 2. The lowest BCUT2D eigenvalue weighted by Crippen LogP contribution is -2.06. The van der Waals surface area contributed by atoms with Crippen molar-refractivity contribution in [1.29, 1.82) is 0 Å². The first-order valence-corrected chi connectivity index (χ1v) is 4.91. The molecule has 0 aromatic heterocycles. The zero-order valence-corrected chi connectivity index (χ0v) is 9.34. The van der Waals surface area contributed by atoms with Crippen molar-refractivity contribution in [1.82, 2.24) is 0 Å². The van der Waals surface area contributed by atoms with Gasteiger partial charge in [0.15, 0.2) is 0 Å². The second-order valence-corrected chi connectivity index (χ2v) is 3.56. The smallest absolute Gasteiger partial charge is 0.310 e. The van der Waals surface area contributed by atoms with Crippen LogP contribution in [-0.2, 0) is 4.79 Å². The van der Waals surface area contributed by atoms with Crippen LogP contribution in [0, 0.1) is 0 Å². The van der Waals surface area contributed by atoms with Crippen LogP contribution in [-0.4, -0.2) is 22.3 Å². The summed E-state index contributed by atoms with van der Waals surface area (Å²) in [5, 5.41) is 16.7. The quantitative estimate of drug-likeness (QED) is 0.787. The Balaban J connectivity index is 0.000000423. The molecule has 3 heteroatoms. The molecule has 0 aliphatic rings. The van der Waals surface area contributed by atoms with E-state index in [1.54, 1.807) is 20.8 Å². The maximum Gasteiger partial charge on any atom is 0.310 e. The lowest BCUT2D eigenvalue weighted by molar-refractivity contribution is -0.138. The average molecular weight is 210 g/mol. The molecule has 2 N–H and O–H groups in total. The largest absolute Gasteiger partial charge is 0.481 e. The van der Waals surface area contributed by atoms with E-state index in [2.05, 4.69) is 0 Å². The summed E-state index contributed by atoms with van der Waals surface area (Å²) in [6.07, 6.45) is -0.167. The predicted octanol–water partition coefficient (Wildman–Crippen LogP) is 2.26. The van der Waals surface area contributed by atoms with Crippen LogP contribution in [0.1, 0.15) is 32.3 Å². The van der Waals surface area contributed by atoms with Crippen LogP contribution in [0.15, 0.2) is 30.3 Å². The van der Waals surface area contributed by atoms with Crippen LogP contribution in [0.25, 0.3) is 0 Å². The van der Waals surface area contributed by atoms with Gasteiger partial charge < -0.3 is 10.2 Å². The highest BCUT2D eigenvalue weighted by Gasteiger charge is 2.11. The molecule has 1 aromatic carbocycles. The summed E-state index contributed by atoms with van der Waals surface area (Å²) in [5.74, 6) is -1.19. The van der Waals surface area contributed by atoms with Crippen molar-refractivity contribution >= 4 is 5.97 Å². The van der Waals surface area contributed by atoms with Gasteiger partial charge in [0.2, 0.25) is 0 Å². The molecule has 3 nitrogen and oxygen atoms in total. The van der Waals surface area contributed by atoms with Gasteiger partial charge >= 0.3 is 5.97 Å². The van der Waals surface area contributed by atoms with Crippen LogP contribution >= 0.6 is 0 Å². The van der Waals surface area contributed by atoms with E-state index in [4.69, 9.17) is 10.2 Å². The summed E-state index contributed by atoms with van der Waals surface area (Å²) >= 11 is 0. The highest BCUT2D eigenvalue weighted by molar-refractivity contribution is 5.75. The van der Waals surface area contributed by atoms with E-state index in [9.17, 15) is 4.79 Å². The van der Waals surface area contributed by atoms with E-state index in [0.717, 1.165) is 5.56 Å². The molecule has 0 amide bonds. The first kappa shape index (κ1) is 13.7. The van der Waals surface area contributed by atoms with E-state index >= 15 is 0 Å². The van der Waals surface area contributed by atoms with Crippen molar-refractivity contribution < 1.29 is 15.0 Å². The Morgan fingerprint density at radius 3 is 1.87 bits per heavy atom. The fourth-order valence-corrected chi connectivity index (χ4v) is 0.884. The van der Waals surface area contributed by atoms with Gasteiger partial charge in [-0.15, -0.1) is 0 Å². The van der Waals surface area contributed by atoms with Crippen molar-refractivity contribution in [3.8, 4) is 0 Å². The van der Waals surface area contributed by atoms with Crippen LogP contribution < -0.4 is 0 Å². The lowest BCUT2D eigenvalue weighted by atomic mass is 10.0. The van der Waals surface area contributed by atoms with E-state index in [0.29, 0.717) is 0 Å². The third-order valence-electron chi connectivity index (χ3n) is 1.67. The molecule has 0 radical (unpaired) electrons. The van der Waals surface area contributed by atoms with Crippen molar-refractivity contribution in [2.45, 2.75) is 32.8 Å². The normalized spacial score (nSPS) is 11.5. The molecule has 0 aliphatic heterocycles. The standard InChI is InChI=1S/C9H10O2.C3H8O/c1-7(9(10)11)8-5-3-2-4-6-8;1-3(2)4/h2-7H,1H3,(H,10,11);3-4H,1-2H3. The molecular weight excluding hydrogens is 192 g/mol. The van der Waals surface area contributed by atoms with Crippen molar-refractivity contribution in [3.05, 3.63) is 35.9 Å². The number of hydrogen-bond acceptors (Lipinski definition) is 2. The second kappa shape index (κ2) is 7.01. The Bertz CT molecular complexity index is 277. The minimum Gasteiger partial charge on any atom is -0.481 e. The minimum atomic E-state index is -0.781. The summed E-state index contributed by atoms with van der Waals surface area (Å²) in [7, 11) is 0. The van der Waals surface area contributed by atoms with Gasteiger partial charge in [-0.3, -0.25) is 4.79 Å². The molecule has 1 unspecified atom stereocenters. The van der Waals surface area contributed by atoms with Crippen LogP contribution in [0.4, 0.5) is 0 Å². The lowest BCUT2D eigenvalue weighted by Gasteiger charge is -2.04. The molecule has 1 rings (SSSR count). The van der Waals surface area contributed by atoms with E-state index in [1.165, 1.54) is 0 Å². The highest BCUT2D eigenvalue weighted by atomic mass is 16.4. The number of carboxylic acids is 1. The van der Waals surface area contributed by atoms with Gasteiger partial charge in [-0.25, -0.2) is 0 Å². The minimum absolute atomic E-state index is 0.167. The monoisotopic (exact) mass is 210 g/mol. The molecule has 0 heterocycles. The Labute approximate surface area is 90.4 Å². The highest BCUT2D eigenvalue weighted by Crippen LogP contribution is 2.13. The van der Waals surface area contributed by atoms with Crippen LogP contribution in [0.3, 0.4) is 0 Å². The number of aliphatic hydroxyl groups is 1. The molecule has 0 saturated carbocycles. The average Bonchev–Trinajstić information content (AvgIpc) is 2.17. The Morgan fingerprint density at radius 2 is 1.53 bits per heavy atom. The van der Waals surface area contributed by atoms with Crippen molar-refractivity contribution in [2.24, 2.45) is 0 Å². The molecular formula is C12H18O3. The summed E-state index contributed by atoms with van der Waals surface area (Å²) < 4.78 is 0. The number of carbonyl (C=O) groups is 1. The summed E-state index contributed by atoms with van der Waals surface area (Å²) in [5.41, 5.74) is 0.847. The number of aliphatic carboxylic acids is 1. The zero-order chi connectivity index (χ0) is 11.8. The van der Waals surface area contributed by atoms with Gasteiger partial charge in [-0.2, -0.15) is 0 Å². The maximum atomic E-state index is 10.5. The van der Waals surface area contributed by atoms with E-state index < -0.39 is 11.9 Å². The fraction of sp³-hybridized carbons (Fsp3) is 0.417. The van der Waals surface area contributed by atoms with Gasteiger partial charge in [0.25, 0.3) is 0 Å². The fourth-order valence-electron chi connectivity index (χ4n) is 0.884. The number of benzene rings is 1. The van der Waals surface area contributed by atoms with Gasteiger partial charge in [0, 0.05) is 6.10 Å². The summed E-state index contributed by atoms with van der Waals surface area (Å²) in [6, 6.07) is 9.19. The molecule has 0 spiro atoms. The molecule has 1 aromatic rings. The molecule has 0 aliphatic carbocycles. The summed E-state index contributed by atoms with van der Waals surface area (Å²) in [6.45, 7) is 5.12. The molecule has 0 saturated heterocycles. The van der Waals surface area contributed by atoms with Crippen molar-refractivity contribution in [2.75, 3.05) is 0 Å². The van der Waals surface area contributed by atoms with Gasteiger partial charge in [0.05, 0.1) is 5.92 Å². The molecule has 0 fully saturated rings. The van der Waals surface area contributed by atoms with Gasteiger partial charge in [-0.05, 0) is 26.3 Å². The first-order valence-electron chi connectivity index (χ1n) is 4.91. The SMILES string of the molecule is CC(C(=O)O)c1ccccc1.CC(C)O. The Kier molecular flexibility index (Phi) is 6.38. The molecule has 1 atom stereocenters. The van der Waals surface area contributed by atoms with E-state index in [-0.39, 0.29) is 6.10 Å². The summed E-state index contributed by atoms with van der Waals surface area (Å²) in [4.78, 5) is 10.5. The third kappa shape index (κ3) is 6.69.